The molecule has 0 radical (unpaired) electrons. The highest BCUT2D eigenvalue weighted by Gasteiger charge is 2.45. The maximum Gasteiger partial charge on any atom is 0.248 e. The first-order valence-corrected chi connectivity index (χ1v) is 12.9. The van der Waals surface area contributed by atoms with Gasteiger partial charge < -0.3 is 15.3 Å². The van der Waals surface area contributed by atoms with Crippen LogP contribution in [0.25, 0.3) is 0 Å². The number of hydrogen-bond acceptors (Lipinski definition) is 6. The van der Waals surface area contributed by atoms with E-state index in [0.717, 1.165) is 29.8 Å². The van der Waals surface area contributed by atoms with Crippen molar-refractivity contribution in [2.75, 3.05) is 6.54 Å². The van der Waals surface area contributed by atoms with Crippen molar-refractivity contribution in [2.45, 2.75) is 110 Å². The lowest BCUT2D eigenvalue weighted by molar-refractivity contribution is -0.144. The number of aliphatic hydroxyl groups is 1. The molecule has 2 amide bonds. The number of rotatable bonds is 6. The Bertz CT molecular complexity index is 1120. The fourth-order valence-electron chi connectivity index (χ4n) is 4.96. The summed E-state index contributed by atoms with van der Waals surface area (Å²) < 4.78 is 3.54. The van der Waals surface area contributed by atoms with Crippen molar-refractivity contribution in [1.29, 1.82) is 0 Å². The molecule has 1 aliphatic carbocycles. The summed E-state index contributed by atoms with van der Waals surface area (Å²) in [6.45, 7) is 16.1. The molecule has 1 saturated heterocycles. The molecule has 2 aromatic rings. The normalized spacial score (nSPS) is 22.5. The lowest BCUT2D eigenvalue weighted by atomic mass is 9.85. The number of aryl methyl sites for hydroxylation is 1. The molecule has 1 aliphatic heterocycles. The molecule has 3 unspecified atom stereocenters. The Morgan fingerprint density at radius 2 is 1.81 bits per heavy atom. The van der Waals surface area contributed by atoms with E-state index in [-0.39, 0.29) is 36.4 Å². The van der Waals surface area contributed by atoms with Gasteiger partial charge in [0, 0.05) is 36.8 Å². The van der Waals surface area contributed by atoms with E-state index in [1.54, 1.807) is 4.68 Å². The van der Waals surface area contributed by atoms with Crippen LogP contribution >= 0.6 is 0 Å². The Hall–Kier alpha value is -2.75. The van der Waals surface area contributed by atoms with Gasteiger partial charge in [-0.15, -0.1) is 5.10 Å². The Kier molecular flexibility index (Phi) is 6.79. The van der Waals surface area contributed by atoms with Crippen molar-refractivity contribution in [1.82, 2.24) is 35.0 Å². The third kappa shape index (κ3) is 5.33. The number of β-amino-alcohol motifs (C(OH)–C–C–N with tert-alkyl or cyclic N) is 1. The summed E-state index contributed by atoms with van der Waals surface area (Å²) in [6, 6.07) is -1.69. The highest BCUT2D eigenvalue weighted by Crippen LogP contribution is 2.40. The number of carbonyl (C=O) groups is 2. The van der Waals surface area contributed by atoms with Gasteiger partial charge in [-0.3, -0.25) is 14.3 Å². The van der Waals surface area contributed by atoms with E-state index < -0.39 is 23.6 Å². The second-order valence-electron chi connectivity index (χ2n) is 12.6. The Balaban J connectivity index is 1.54. The van der Waals surface area contributed by atoms with E-state index in [4.69, 9.17) is 0 Å². The molecule has 4 atom stereocenters. The summed E-state index contributed by atoms with van der Waals surface area (Å²) in [5.74, 6) is -0.0785. The second kappa shape index (κ2) is 9.28. The SMILES string of the molecule is Cc1nn(C(C)(C)C)cc1C(C)NC(=O)C1CC(O)CN1C(=O)[C@H](n1cc(C2CC2)nn1)C(C)(C)C. The molecule has 2 aliphatic rings. The van der Waals surface area contributed by atoms with Crippen LogP contribution in [0.4, 0.5) is 0 Å². The fourth-order valence-corrected chi connectivity index (χ4v) is 4.96. The number of carbonyl (C=O) groups excluding carboxylic acids is 2. The summed E-state index contributed by atoms with van der Waals surface area (Å²) in [5, 5.41) is 26.7. The zero-order chi connectivity index (χ0) is 26.6. The molecule has 3 heterocycles. The average molecular weight is 500 g/mol. The second-order valence-corrected chi connectivity index (χ2v) is 12.6. The minimum atomic E-state index is -0.760. The molecule has 4 rings (SSSR count). The molecule has 1 saturated carbocycles. The van der Waals surface area contributed by atoms with E-state index in [9.17, 15) is 14.7 Å². The summed E-state index contributed by atoms with van der Waals surface area (Å²) in [6.07, 6.45) is 5.46. The maximum absolute atomic E-state index is 13.9. The van der Waals surface area contributed by atoms with Gasteiger partial charge in [-0.25, -0.2) is 4.68 Å². The number of likely N-dealkylation sites (tertiary alicyclic amines) is 1. The Morgan fingerprint density at radius 3 is 2.36 bits per heavy atom. The van der Waals surface area contributed by atoms with Gasteiger partial charge in [0.25, 0.3) is 0 Å². The number of aromatic nitrogens is 5. The van der Waals surface area contributed by atoms with Gasteiger partial charge in [0.1, 0.15) is 12.1 Å². The smallest absolute Gasteiger partial charge is 0.248 e. The third-order valence-electron chi connectivity index (χ3n) is 7.16. The predicted molar refractivity (Wildman–Crippen MR) is 135 cm³/mol. The van der Waals surface area contributed by atoms with E-state index in [1.165, 1.54) is 4.90 Å². The average Bonchev–Trinajstić information content (AvgIpc) is 3.14. The molecule has 10 heteroatoms. The van der Waals surface area contributed by atoms with Crippen molar-refractivity contribution >= 4 is 11.8 Å². The lowest BCUT2D eigenvalue weighted by Crippen LogP contribution is -2.50. The summed E-state index contributed by atoms with van der Waals surface area (Å²) >= 11 is 0. The van der Waals surface area contributed by atoms with Gasteiger partial charge in [-0.05, 0) is 52.9 Å². The lowest BCUT2D eigenvalue weighted by Gasteiger charge is -2.34. The number of aliphatic hydroxyl groups excluding tert-OH is 1. The first-order chi connectivity index (χ1) is 16.7. The molecule has 2 aromatic heterocycles. The van der Waals surface area contributed by atoms with E-state index >= 15 is 0 Å². The standard InChI is InChI=1S/C26H41N7O3/c1-15(19-13-33(26(6,7)8)29-16(19)2)27-23(35)21-11-18(34)12-31(21)24(36)22(25(3,4)5)32-14-20(28-30-32)17-9-10-17/h13-15,17-18,21-22,34H,9-12H2,1-8H3,(H,27,35)/t15?,18?,21?,22-/m0/s1. The number of amides is 2. The summed E-state index contributed by atoms with van der Waals surface area (Å²) in [7, 11) is 0. The Morgan fingerprint density at radius 1 is 1.14 bits per heavy atom. The van der Waals surface area contributed by atoms with Gasteiger partial charge in [0.05, 0.1) is 29.1 Å². The molecular weight excluding hydrogens is 458 g/mol. The zero-order valence-corrected chi connectivity index (χ0v) is 22.8. The molecule has 0 aromatic carbocycles. The van der Waals surface area contributed by atoms with Crippen molar-refractivity contribution in [3.63, 3.8) is 0 Å². The molecule has 2 N–H and O–H groups in total. The monoisotopic (exact) mass is 499 g/mol. The van der Waals surface area contributed by atoms with Crippen LogP contribution in [0.15, 0.2) is 12.4 Å². The largest absolute Gasteiger partial charge is 0.391 e. The molecule has 0 bridgehead atoms. The predicted octanol–water partition coefficient (Wildman–Crippen LogP) is 2.84. The zero-order valence-electron chi connectivity index (χ0n) is 22.8. The van der Waals surface area contributed by atoms with Gasteiger partial charge in [-0.2, -0.15) is 5.10 Å². The van der Waals surface area contributed by atoms with Gasteiger partial charge in [0.15, 0.2) is 0 Å². The van der Waals surface area contributed by atoms with Gasteiger partial charge >= 0.3 is 0 Å². The molecule has 198 valence electrons. The van der Waals surface area contributed by atoms with Crippen LogP contribution in [0, 0.1) is 12.3 Å². The van der Waals surface area contributed by atoms with Crippen LogP contribution in [0.1, 0.15) is 103 Å². The van der Waals surface area contributed by atoms with Crippen LogP contribution in [0.2, 0.25) is 0 Å². The quantitative estimate of drug-likeness (QED) is 0.631. The van der Waals surface area contributed by atoms with E-state index in [2.05, 4.69) is 41.5 Å². The van der Waals surface area contributed by atoms with Crippen molar-refractivity contribution in [3.8, 4) is 0 Å². The Labute approximate surface area is 213 Å². The minimum Gasteiger partial charge on any atom is -0.391 e. The van der Waals surface area contributed by atoms with Crippen LogP contribution in [0.5, 0.6) is 0 Å². The van der Waals surface area contributed by atoms with Crippen LogP contribution in [-0.4, -0.2) is 65.3 Å². The maximum atomic E-state index is 13.9. The summed E-state index contributed by atoms with van der Waals surface area (Å²) in [5.41, 5.74) is 2.05. The number of nitrogens with one attached hydrogen (secondary N) is 1. The van der Waals surface area contributed by atoms with Crippen LogP contribution < -0.4 is 5.32 Å². The number of nitrogens with zero attached hydrogens (tertiary/aromatic N) is 6. The first kappa shape index (κ1) is 26.3. The molecular formula is C26H41N7O3. The minimum absolute atomic E-state index is 0.114. The molecule has 10 nitrogen and oxygen atoms in total. The van der Waals surface area contributed by atoms with Crippen LogP contribution in [0.3, 0.4) is 0 Å². The van der Waals surface area contributed by atoms with E-state index in [0.29, 0.717) is 5.92 Å². The van der Waals surface area contributed by atoms with Gasteiger partial charge in [0.2, 0.25) is 11.8 Å². The molecule has 0 spiro atoms. The van der Waals surface area contributed by atoms with Crippen molar-refractivity contribution in [2.24, 2.45) is 5.41 Å². The van der Waals surface area contributed by atoms with E-state index in [1.807, 2.05) is 51.7 Å². The summed E-state index contributed by atoms with van der Waals surface area (Å²) in [4.78, 5) is 28.9. The highest BCUT2D eigenvalue weighted by atomic mass is 16.3. The topological polar surface area (TPSA) is 118 Å². The molecule has 2 fully saturated rings. The number of hydrogen-bond donors (Lipinski definition) is 2. The third-order valence-corrected chi connectivity index (χ3v) is 7.16. The van der Waals surface area contributed by atoms with Gasteiger partial charge in [-0.1, -0.05) is 26.0 Å². The van der Waals surface area contributed by atoms with Crippen molar-refractivity contribution < 1.29 is 14.7 Å². The fraction of sp³-hybridized carbons (Fsp3) is 0.731. The first-order valence-electron chi connectivity index (χ1n) is 12.9. The van der Waals surface area contributed by atoms with Crippen LogP contribution in [-0.2, 0) is 15.1 Å². The van der Waals surface area contributed by atoms with Crippen molar-refractivity contribution in [3.05, 3.63) is 29.3 Å². The highest BCUT2D eigenvalue weighted by molar-refractivity contribution is 5.90. The molecule has 36 heavy (non-hydrogen) atoms.